The summed E-state index contributed by atoms with van der Waals surface area (Å²) in [5, 5.41) is 26.9. The maximum Gasteiger partial charge on any atom is 0.156 e. The monoisotopic (exact) mass is 122 g/mol. The fraction of sp³-hybridized carbons (Fsp3) is 1.00. The van der Waals surface area contributed by atoms with Crippen molar-refractivity contribution in [3.63, 3.8) is 0 Å². The van der Waals surface area contributed by atoms with E-state index in [9.17, 15) is 10.4 Å². The molecule has 2 atom stereocenters. The Bertz CT molecular complexity index is 48.5. The number of hydrogen-bond donors (Lipinski definition) is 3. The first-order chi connectivity index (χ1) is 3.63. The van der Waals surface area contributed by atoms with Crippen molar-refractivity contribution >= 4 is 0 Å². The van der Waals surface area contributed by atoms with Crippen LogP contribution in [0.4, 0.5) is 0 Å². The van der Waals surface area contributed by atoms with E-state index in [1.807, 2.05) is 0 Å². The SMILES string of the molecule is C[NH+]([O-])CC[NH+]([O-])O. The Hall–Kier alpha value is -0.200. The van der Waals surface area contributed by atoms with Crippen LogP contribution in [0.3, 0.4) is 0 Å². The second kappa shape index (κ2) is 3.76. The molecule has 0 saturated carbocycles. The van der Waals surface area contributed by atoms with Gasteiger partial charge in [0.2, 0.25) is 0 Å². The van der Waals surface area contributed by atoms with Gasteiger partial charge in [-0.25, -0.2) is 10.4 Å². The van der Waals surface area contributed by atoms with Gasteiger partial charge >= 0.3 is 0 Å². The Morgan fingerprint density at radius 2 is 1.88 bits per heavy atom. The summed E-state index contributed by atoms with van der Waals surface area (Å²) in [5.41, 5.74) is 0. The zero-order valence-corrected chi connectivity index (χ0v) is 4.68. The summed E-state index contributed by atoms with van der Waals surface area (Å²) in [7, 11) is 1.38. The Morgan fingerprint density at radius 1 is 1.38 bits per heavy atom. The van der Waals surface area contributed by atoms with Gasteiger partial charge in [0.05, 0.1) is 7.05 Å². The fourth-order valence-corrected chi connectivity index (χ4v) is 0.283. The van der Waals surface area contributed by atoms with Crippen LogP contribution in [0.1, 0.15) is 0 Å². The lowest BCUT2D eigenvalue weighted by Gasteiger charge is -2.18. The molecule has 0 saturated heterocycles. The van der Waals surface area contributed by atoms with E-state index in [0.29, 0.717) is 0 Å². The van der Waals surface area contributed by atoms with Gasteiger partial charge in [0.15, 0.2) is 6.54 Å². The van der Waals surface area contributed by atoms with Gasteiger partial charge in [-0.05, 0) is 0 Å². The van der Waals surface area contributed by atoms with Gasteiger partial charge in [0.25, 0.3) is 0 Å². The Kier molecular flexibility index (Phi) is 3.67. The van der Waals surface area contributed by atoms with Crippen LogP contribution in [0.2, 0.25) is 0 Å². The average Bonchev–Trinajstić information content (AvgIpc) is 1.61. The lowest BCUT2D eigenvalue weighted by Crippen LogP contribution is -3.13. The molecule has 0 heterocycles. The van der Waals surface area contributed by atoms with Crippen LogP contribution < -0.4 is 10.3 Å². The van der Waals surface area contributed by atoms with Crippen molar-refractivity contribution in [2.45, 2.75) is 0 Å². The lowest BCUT2D eigenvalue weighted by molar-refractivity contribution is -1.06. The lowest BCUT2D eigenvalue weighted by atomic mass is 10.6. The Morgan fingerprint density at radius 3 is 2.00 bits per heavy atom. The predicted molar refractivity (Wildman–Crippen MR) is 26.1 cm³/mol. The van der Waals surface area contributed by atoms with Crippen LogP contribution in [0, 0.1) is 10.4 Å². The van der Waals surface area contributed by atoms with Crippen molar-refractivity contribution in [3.05, 3.63) is 10.4 Å². The molecule has 5 heteroatoms. The Labute approximate surface area is 47.2 Å². The molecule has 0 aromatic rings. The maximum absolute atomic E-state index is 10.1. The van der Waals surface area contributed by atoms with Gasteiger partial charge in [-0.2, -0.15) is 0 Å². The topological polar surface area (TPSA) is 75.2 Å². The van der Waals surface area contributed by atoms with Crippen molar-refractivity contribution in [1.82, 2.24) is 0 Å². The third kappa shape index (κ3) is 5.80. The minimum atomic E-state index is -0.916. The van der Waals surface area contributed by atoms with Crippen molar-refractivity contribution in [3.8, 4) is 0 Å². The van der Waals surface area contributed by atoms with Crippen LogP contribution in [0.25, 0.3) is 0 Å². The van der Waals surface area contributed by atoms with Crippen molar-refractivity contribution < 1.29 is 15.5 Å². The molecule has 2 unspecified atom stereocenters. The highest BCUT2D eigenvalue weighted by atomic mass is 16.8. The summed E-state index contributed by atoms with van der Waals surface area (Å²) in [6, 6.07) is 0. The molecular formula is C3H10N2O3. The minimum Gasteiger partial charge on any atom is -0.634 e. The van der Waals surface area contributed by atoms with Crippen molar-refractivity contribution in [2.75, 3.05) is 20.1 Å². The summed E-state index contributed by atoms with van der Waals surface area (Å²) in [5.74, 6) is 0. The zero-order chi connectivity index (χ0) is 6.57. The number of hydroxylamine groups is 4. The second-order valence-electron chi connectivity index (χ2n) is 1.60. The van der Waals surface area contributed by atoms with Gasteiger partial charge in [0.1, 0.15) is 6.54 Å². The summed E-state index contributed by atoms with van der Waals surface area (Å²) >= 11 is 0. The number of rotatable bonds is 3. The van der Waals surface area contributed by atoms with Crippen molar-refractivity contribution in [1.29, 1.82) is 0 Å². The molecule has 0 aliphatic carbocycles. The molecular weight excluding hydrogens is 112 g/mol. The number of hydrogen-bond acceptors (Lipinski definition) is 3. The van der Waals surface area contributed by atoms with Gasteiger partial charge < -0.3 is 15.5 Å². The normalized spacial score (nSPS) is 18.0. The summed E-state index contributed by atoms with van der Waals surface area (Å²) in [6.07, 6.45) is 0. The van der Waals surface area contributed by atoms with Crippen LogP contribution in [0.15, 0.2) is 0 Å². The molecule has 8 heavy (non-hydrogen) atoms. The molecule has 0 rings (SSSR count). The summed E-state index contributed by atoms with van der Waals surface area (Å²) in [6.45, 7) is 0.102. The van der Waals surface area contributed by atoms with E-state index in [1.165, 1.54) is 7.05 Å². The average molecular weight is 122 g/mol. The molecule has 0 spiro atoms. The van der Waals surface area contributed by atoms with E-state index in [2.05, 4.69) is 0 Å². The third-order valence-electron chi connectivity index (χ3n) is 0.691. The zero-order valence-electron chi connectivity index (χ0n) is 4.68. The van der Waals surface area contributed by atoms with Crippen LogP contribution in [0.5, 0.6) is 0 Å². The van der Waals surface area contributed by atoms with Crippen LogP contribution >= 0.6 is 0 Å². The number of nitrogens with one attached hydrogen (secondary N) is 2. The first-order valence-electron chi connectivity index (χ1n) is 2.34. The molecule has 0 bridgehead atoms. The van der Waals surface area contributed by atoms with Crippen LogP contribution in [-0.2, 0) is 0 Å². The number of quaternary nitrogens is 2. The third-order valence-corrected chi connectivity index (χ3v) is 0.691. The molecule has 0 aromatic heterocycles. The molecule has 3 N–H and O–H groups in total. The van der Waals surface area contributed by atoms with Crippen molar-refractivity contribution in [2.24, 2.45) is 0 Å². The molecule has 50 valence electrons. The first-order valence-corrected chi connectivity index (χ1v) is 2.34. The highest BCUT2D eigenvalue weighted by molar-refractivity contribution is 4.17. The van der Waals surface area contributed by atoms with Gasteiger partial charge in [0, 0.05) is 0 Å². The molecule has 5 nitrogen and oxygen atoms in total. The van der Waals surface area contributed by atoms with Crippen LogP contribution in [-0.4, -0.2) is 25.3 Å². The van der Waals surface area contributed by atoms with E-state index < -0.39 is 5.23 Å². The Balaban J connectivity index is 2.93. The molecule has 0 radical (unpaired) electrons. The maximum atomic E-state index is 10.1. The van der Waals surface area contributed by atoms with E-state index in [4.69, 9.17) is 5.21 Å². The second-order valence-corrected chi connectivity index (χ2v) is 1.60. The standard InChI is InChI=1S/C3H10N2O3/c1-4(6)2-3-5(7)8/h4-5,7H,2-3H2,1H3. The summed E-state index contributed by atoms with van der Waals surface area (Å²) < 4.78 is 0. The highest BCUT2D eigenvalue weighted by Crippen LogP contribution is 1.33. The molecule has 0 fully saturated rings. The van der Waals surface area contributed by atoms with Gasteiger partial charge in [-0.15, -0.1) is 0 Å². The van der Waals surface area contributed by atoms with E-state index >= 15 is 0 Å². The molecule has 0 aliphatic heterocycles. The van der Waals surface area contributed by atoms with Gasteiger partial charge in [-0.3, -0.25) is 0 Å². The summed E-state index contributed by atoms with van der Waals surface area (Å²) in [4.78, 5) is 0. The van der Waals surface area contributed by atoms with E-state index in [-0.39, 0.29) is 18.2 Å². The number of likely N-dealkylation sites (N-methyl/N-ethyl adjacent to an activating group) is 1. The quantitative estimate of drug-likeness (QED) is 0.344. The minimum absolute atomic E-state index is 0.0463. The van der Waals surface area contributed by atoms with E-state index in [0.717, 1.165) is 0 Å². The smallest absolute Gasteiger partial charge is 0.156 e. The fourth-order valence-electron chi connectivity index (χ4n) is 0.283. The first kappa shape index (κ1) is 7.80. The molecule has 0 aromatic carbocycles. The highest BCUT2D eigenvalue weighted by Gasteiger charge is 1.91. The van der Waals surface area contributed by atoms with Gasteiger partial charge in [-0.1, -0.05) is 0 Å². The largest absolute Gasteiger partial charge is 0.634 e. The molecule has 0 aliphatic rings. The molecule has 0 amide bonds. The predicted octanol–water partition coefficient (Wildman–Crippen LogP) is -3.23. The van der Waals surface area contributed by atoms with E-state index in [1.54, 1.807) is 0 Å².